The highest BCUT2D eigenvalue weighted by molar-refractivity contribution is 9.10. The molecule has 5 heteroatoms. The Kier molecular flexibility index (Phi) is 4.48. The highest BCUT2D eigenvalue weighted by Crippen LogP contribution is 2.28. The third kappa shape index (κ3) is 3.99. The number of hydrogen-bond donors (Lipinski definition) is 1. The summed E-state index contributed by atoms with van der Waals surface area (Å²) < 4.78 is 6.85. The maximum atomic E-state index is 5.82. The van der Waals surface area contributed by atoms with E-state index in [-0.39, 0.29) is 0 Å². The van der Waals surface area contributed by atoms with Crippen molar-refractivity contribution in [2.75, 3.05) is 26.2 Å². The summed E-state index contributed by atoms with van der Waals surface area (Å²) in [5.41, 5.74) is 1.20. The molecule has 1 aromatic heterocycles. The largest absolute Gasteiger partial charge is 0.374 e. The number of hydrogen-bond acceptors (Lipinski definition) is 4. The second-order valence-electron chi connectivity index (χ2n) is 5.36. The van der Waals surface area contributed by atoms with Gasteiger partial charge in [-0.1, -0.05) is 0 Å². The van der Waals surface area contributed by atoms with Crippen LogP contribution in [-0.4, -0.2) is 48.3 Å². The molecule has 3 rings (SSSR count). The fourth-order valence-electron chi connectivity index (χ4n) is 2.57. The molecule has 104 valence electrons. The number of aromatic nitrogens is 1. The predicted octanol–water partition coefficient (Wildman–Crippen LogP) is 1.80. The maximum absolute atomic E-state index is 5.82. The van der Waals surface area contributed by atoms with Crippen molar-refractivity contribution in [2.24, 2.45) is 0 Å². The molecule has 1 saturated heterocycles. The molecular weight excluding hydrogens is 306 g/mol. The van der Waals surface area contributed by atoms with Gasteiger partial charge in [0.2, 0.25) is 0 Å². The minimum Gasteiger partial charge on any atom is -0.374 e. The van der Waals surface area contributed by atoms with Crippen molar-refractivity contribution in [1.29, 1.82) is 0 Å². The molecule has 4 nitrogen and oxygen atoms in total. The van der Waals surface area contributed by atoms with Gasteiger partial charge in [0, 0.05) is 49.1 Å². The van der Waals surface area contributed by atoms with E-state index in [0.717, 1.165) is 43.3 Å². The van der Waals surface area contributed by atoms with Crippen molar-refractivity contribution < 1.29 is 4.74 Å². The Morgan fingerprint density at radius 1 is 1.42 bits per heavy atom. The van der Waals surface area contributed by atoms with Crippen molar-refractivity contribution in [2.45, 2.75) is 31.5 Å². The van der Waals surface area contributed by atoms with Crippen LogP contribution in [0.3, 0.4) is 0 Å². The molecule has 0 aromatic carbocycles. The lowest BCUT2D eigenvalue weighted by atomic mass is 10.2. The Labute approximate surface area is 122 Å². The van der Waals surface area contributed by atoms with Gasteiger partial charge in [-0.15, -0.1) is 0 Å². The van der Waals surface area contributed by atoms with Gasteiger partial charge in [-0.25, -0.2) is 0 Å². The summed E-state index contributed by atoms with van der Waals surface area (Å²) in [6.45, 7) is 4.82. The SMILES string of the molecule is Brc1cncc(CNC[C@@H]2CN(C3CC3)CCO2)c1. The highest BCUT2D eigenvalue weighted by Gasteiger charge is 2.32. The van der Waals surface area contributed by atoms with Gasteiger partial charge in [0.15, 0.2) is 0 Å². The first-order valence-electron chi connectivity index (χ1n) is 6.97. The van der Waals surface area contributed by atoms with Crippen molar-refractivity contribution >= 4 is 15.9 Å². The quantitative estimate of drug-likeness (QED) is 0.895. The highest BCUT2D eigenvalue weighted by atomic mass is 79.9. The van der Waals surface area contributed by atoms with Crippen LogP contribution in [0, 0.1) is 0 Å². The molecule has 1 atom stereocenters. The van der Waals surface area contributed by atoms with Crippen molar-refractivity contribution in [1.82, 2.24) is 15.2 Å². The molecule has 0 amide bonds. The van der Waals surface area contributed by atoms with Gasteiger partial charge < -0.3 is 10.1 Å². The summed E-state index contributed by atoms with van der Waals surface area (Å²) in [5, 5.41) is 3.47. The average Bonchev–Trinajstić information content (AvgIpc) is 3.23. The topological polar surface area (TPSA) is 37.4 Å². The summed E-state index contributed by atoms with van der Waals surface area (Å²) in [7, 11) is 0. The number of halogens is 1. The summed E-state index contributed by atoms with van der Waals surface area (Å²) in [6, 6.07) is 2.94. The number of morpholine rings is 1. The summed E-state index contributed by atoms with van der Waals surface area (Å²) in [6.07, 6.45) is 6.79. The number of rotatable bonds is 5. The fraction of sp³-hybridized carbons (Fsp3) is 0.643. The van der Waals surface area contributed by atoms with Crippen LogP contribution < -0.4 is 5.32 Å². The zero-order valence-corrected chi connectivity index (χ0v) is 12.6. The molecule has 1 aliphatic carbocycles. The molecule has 19 heavy (non-hydrogen) atoms. The first kappa shape index (κ1) is 13.5. The van der Waals surface area contributed by atoms with E-state index in [1.54, 1.807) is 6.20 Å². The molecule has 2 fully saturated rings. The fourth-order valence-corrected chi connectivity index (χ4v) is 2.98. The molecule has 0 radical (unpaired) electrons. The molecular formula is C14H20BrN3O. The lowest BCUT2D eigenvalue weighted by Gasteiger charge is -2.33. The molecule has 0 spiro atoms. The van der Waals surface area contributed by atoms with Crippen LogP contribution in [0.5, 0.6) is 0 Å². The monoisotopic (exact) mass is 325 g/mol. The van der Waals surface area contributed by atoms with Crippen LogP contribution in [0.15, 0.2) is 22.9 Å². The van der Waals surface area contributed by atoms with E-state index in [1.165, 1.54) is 18.4 Å². The lowest BCUT2D eigenvalue weighted by molar-refractivity contribution is -0.0301. The van der Waals surface area contributed by atoms with E-state index >= 15 is 0 Å². The number of nitrogens with zero attached hydrogens (tertiary/aromatic N) is 2. The summed E-state index contributed by atoms with van der Waals surface area (Å²) in [4.78, 5) is 6.75. The molecule has 2 aliphatic rings. The van der Waals surface area contributed by atoms with Gasteiger partial charge in [0.1, 0.15) is 0 Å². The van der Waals surface area contributed by atoms with E-state index in [4.69, 9.17) is 4.74 Å². The third-order valence-electron chi connectivity index (χ3n) is 3.70. The number of pyridine rings is 1. The Morgan fingerprint density at radius 3 is 3.11 bits per heavy atom. The van der Waals surface area contributed by atoms with E-state index in [0.29, 0.717) is 6.10 Å². The molecule has 1 saturated carbocycles. The van der Waals surface area contributed by atoms with Gasteiger partial charge in [0.25, 0.3) is 0 Å². The minimum absolute atomic E-state index is 0.328. The Balaban J connectivity index is 1.41. The smallest absolute Gasteiger partial charge is 0.0826 e. The van der Waals surface area contributed by atoms with Crippen LogP contribution in [0.25, 0.3) is 0 Å². The molecule has 1 aromatic rings. The van der Waals surface area contributed by atoms with Gasteiger partial charge in [-0.2, -0.15) is 0 Å². The van der Waals surface area contributed by atoms with Gasteiger partial charge >= 0.3 is 0 Å². The second kappa shape index (κ2) is 6.31. The Morgan fingerprint density at radius 2 is 2.32 bits per heavy atom. The number of nitrogens with one attached hydrogen (secondary N) is 1. The van der Waals surface area contributed by atoms with E-state index < -0.39 is 0 Å². The average molecular weight is 326 g/mol. The Bertz CT molecular complexity index is 425. The van der Waals surface area contributed by atoms with Gasteiger partial charge in [-0.3, -0.25) is 9.88 Å². The van der Waals surface area contributed by atoms with Crippen LogP contribution in [0.1, 0.15) is 18.4 Å². The number of ether oxygens (including phenoxy) is 1. The van der Waals surface area contributed by atoms with Gasteiger partial charge in [0.05, 0.1) is 12.7 Å². The third-order valence-corrected chi connectivity index (χ3v) is 4.13. The van der Waals surface area contributed by atoms with Crippen LogP contribution in [-0.2, 0) is 11.3 Å². The zero-order valence-electron chi connectivity index (χ0n) is 11.0. The standard InChI is InChI=1S/C14H20BrN3O/c15-12-5-11(6-16-8-12)7-17-9-14-10-18(3-4-19-14)13-1-2-13/h5-6,8,13-14,17H,1-4,7,9-10H2/t14-/m1/s1. The molecule has 1 aliphatic heterocycles. The minimum atomic E-state index is 0.328. The van der Waals surface area contributed by atoms with Gasteiger partial charge in [-0.05, 0) is 40.4 Å². The second-order valence-corrected chi connectivity index (χ2v) is 6.28. The normalized spacial score (nSPS) is 24.6. The predicted molar refractivity (Wildman–Crippen MR) is 78.0 cm³/mol. The molecule has 2 heterocycles. The van der Waals surface area contributed by atoms with Crippen LogP contribution in [0.2, 0.25) is 0 Å². The van der Waals surface area contributed by atoms with Crippen LogP contribution >= 0.6 is 15.9 Å². The lowest BCUT2D eigenvalue weighted by Crippen LogP contribution is -2.47. The first-order chi connectivity index (χ1) is 9.31. The maximum Gasteiger partial charge on any atom is 0.0826 e. The first-order valence-corrected chi connectivity index (χ1v) is 7.76. The summed E-state index contributed by atoms with van der Waals surface area (Å²) in [5.74, 6) is 0. The Hall–Kier alpha value is -0.490. The summed E-state index contributed by atoms with van der Waals surface area (Å²) >= 11 is 3.44. The molecule has 1 N–H and O–H groups in total. The zero-order chi connectivity index (χ0) is 13.1. The van der Waals surface area contributed by atoms with Crippen molar-refractivity contribution in [3.8, 4) is 0 Å². The van der Waals surface area contributed by atoms with E-state index in [2.05, 4.69) is 37.2 Å². The van der Waals surface area contributed by atoms with Crippen molar-refractivity contribution in [3.63, 3.8) is 0 Å². The molecule has 0 unspecified atom stereocenters. The van der Waals surface area contributed by atoms with E-state index in [1.807, 2.05) is 6.20 Å². The molecule has 0 bridgehead atoms. The van der Waals surface area contributed by atoms with Crippen LogP contribution in [0.4, 0.5) is 0 Å². The van der Waals surface area contributed by atoms with E-state index in [9.17, 15) is 0 Å². The van der Waals surface area contributed by atoms with Crippen molar-refractivity contribution in [3.05, 3.63) is 28.5 Å².